The number of pyridine rings is 1. The monoisotopic (exact) mass is 894 g/mol. The van der Waals surface area contributed by atoms with Crippen molar-refractivity contribution in [2.75, 3.05) is 15.4 Å². The lowest BCUT2D eigenvalue weighted by Gasteiger charge is -2.35. The molecule has 0 bridgehead atoms. The molecule has 10 rings (SSSR count). The van der Waals surface area contributed by atoms with Crippen molar-refractivity contribution in [2.45, 2.75) is 66.1 Å². The van der Waals surface area contributed by atoms with Gasteiger partial charge < -0.3 is 20.2 Å². The second-order valence-electron chi connectivity index (χ2n) is 19.6. The Bertz CT molecular complexity index is 3520. The Morgan fingerprint density at radius 1 is 0.588 bits per heavy atom. The number of nitrogens with zero attached hydrogens (tertiary/aromatic N) is 4. The van der Waals surface area contributed by atoms with Gasteiger partial charge in [-0.1, -0.05) is 157 Å². The zero-order chi connectivity index (χ0) is 51.5. The predicted octanol–water partition coefficient (Wildman–Crippen LogP) is 16.2. The highest BCUT2D eigenvalue weighted by Crippen LogP contribution is 2.46. The molecule has 0 aliphatic carbocycles. The number of anilines is 6. The molecule has 0 spiro atoms. The van der Waals surface area contributed by atoms with Gasteiger partial charge in [0, 0.05) is 52.0 Å². The number of hydrogen-bond donors (Lipinski definition) is 2. The van der Waals surface area contributed by atoms with E-state index in [1.807, 2.05) is 103 Å². The van der Waals surface area contributed by atoms with Gasteiger partial charge in [-0.05, 0) is 107 Å². The van der Waals surface area contributed by atoms with E-state index in [0.29, 0.717) is 28.4 Å². The summed E-state index contributed by atoms with van der Waals surface area (Å²) in [6, 6.07) is 48.9. The van der Waals surface area contributed by atoms with Gasteiger partial charge in [0.15, 0.2) is 0 Å². The highest BCUT2D eigenvalue weighted by Gasteiger charge is 2.35. The Labute approximate surface area is 408 Å². The van der Waals surface area contributed by atoms with E-state index in [1.54, 1.807) is 0 Å². The molecule has 0 saturated carbocycles. The summed E-state index contributed by atoms with van der Waals surface area (Å²) in [6.45, 7) is 17.2. The first kappa shape index (κ1) is 38.3. The van der Waals surface area contributed by atoms with Crippen molar-refractivity contribution < 1.29 is 11.6 Å². The highest BCUT2D eigenvalue weighted by molar-refractivity contribution is 6.63. The second-order valence-corrected chi connectivity index (χ2v) is 19.6. The van der Waals surface area contributed by atoms with E-state index in [1.165, 1.54) is 0 Å². The van der Waals surface area contributed by atoms with E-state index in [4.69, 9.17) is 21.7 Å². The van der Waals surface area contributed by atoms with Crippen molar-refractivity contribution in [3.8, 4) is 56.3 Å². The minimum Gasteiger partial charge on any atom is -0.457 e. The van der Waals surface area contributed by atoms with Crippen LogP contribution in [0, 0.1) is 6.92 Å². The lowest BCUT2D eigenvalue weighted by Crippen LogP contribution is -2.44. The lowest BCUT2D eigenvalue weighted by atomic mass is 9.73. The third kappa shape index (κ3) is 8.90. The summed E-state index contributed by atoms with van der Waals surface area (Å²) >= 11 is 0. The molecule has 0 radical (unpaired) electrons. The smallest absolute Gasteiger partial charge is 0.401 e. The highest BCUT2D eigenvalue weighted by atomic mass is 16.5. The van der Waals surface area contributed by atoms with Crippen molar-refractivity contribution in [3.63, 3.8) is 0 Å². The lowest BCUT2D eigenvalue weighted by molar-refractivity contribution is 0.483. The number of rotatable bonds is 10. The van der Waals surface area contributed by atoms with Crippen LogP contribution in [0.25, 0.3) is 44.8 Å². The number of aryl methyl sites for hydroxylation is 1. The molecule has 7 nitrogen and oxygen atoms in total. The van der Waals surface area contributed by atoms with Gasteiger partial charge in [-0.25, -0.2) is 4.98 Å². The standard InChI is InChI=1S/C60H57BN6O/c1-40-31-32-62-57(33-40)66-55-38-48(29-30-51(55)56-39-54(65-67(56)61(66)8)42-21-13-10-14-22-42)68-47-24-17-23-46(37-47)63-52-27-15-16-28-53(52)64-58-49(41-19-11-9-12-20-41)25-18-26-50(58)43-34-44(59(2,3)4)36-45(35-43)60(5,6)7/h9-39,63-64H,1-8H3/i9D,11D,12D,19D,20D. The summed E-state index contributed by atoms with van der Waals surface area (Å²) < 4.78 is 52.6. The summed E-state index contributed by atoms with van der Waals surface area (Å²) in [6.07, 6.45) is 1.84. The number of ether oxygens (including phenoxy) is 1. The maximum Gasteiger partial charge on any atom is 0.401 e. The van der Waals surface area contributed by atoms with E-state index >= 15 is 0 Å². The van der Waals surface area contributed by atoms with Gasteiger partial charge in [0.05, 0.1) is 35.3 Å². The number of fused-ring (bicyclic) bond motifs is 3. The minimum absolute atomic E-state index is 0.117. The van der Waals surface area contributed by atoms with Gasteiger partial charge in [0.1, 0.15) is 17.3 Å². The molecular formula is C60H57BN6O. The molecule has 8 heteroatoms. The van der Waals surface area contributed by atoms with Crippen LogP contribution in [-0.2, 0) is 10.8 Å². The van der Waals surface area contributed by atoms with E-state index in [0.717, 1.165) is 73.2 Å². The van der Waals surface area contributed by atoms with Crippen molar-refractivity contribution in [1.29, 1.82) is 0 Å². The molecule has 2 N–H and O–H groups in total. The van der Waals surface area contributed by atoms with Crippen LogP contribution in [0.5, 0.6) is 11.5 Å². The van der Waals surface area contributed by atoms with Gasteiger partial charge in [-0.3, -0.25) is 4.59 Å². The summed E-state index contributed by atoms with van der Waals surface area (Å²) in [4.78, 5) is 7.03. The van der Waals surface area contributed by atoms with Crippen molar-refractivity contribution in [3.05, 3.63) is 205 Å². The first-order chi connectivity index (χ1) is 34.8. The van der Waals surface area contributed by atoms with Crippen LogP contribution < -0.4 is 20.2 Å². The van der Waals surface area contributed by atoms with Crippen LogP contribution >= 0.6 is 0 Å². The van der Waals surface area contributed by atoms with Gasteiger partial charge in [-0.15, -0.1) is 0 Å². The largest absolute Gasteiger partial charge is 0.457 e. The number of aromatic nitrogens is 3. The number of nitrogens with one attached hydrogen (secondary N) is 2. The average molecular weight is 894 g/mol. The van der Waals surface area contributed by atoms with Gasteiger partial charge in [0.2, 0.25) is 0 Å². The fraction of sp³-hybridized carbons (Fsp3) is 0.167. The SMILES string of the molecule is [2H]c1c([2H])c([2H])c(-c2cccc(-c3cc(C(C)(C)C)cc(C(C)(C)C)c3)c2Nc2ccccc2Nc2cccc(Oc3ccc4c(c3)N(c3cc(C)ccn3)B(C)n3nc(-c5ccccc5)cc3-4)c2)c([2H])c1[2H]. The molecule has 3 heterocycles. The number of benzene rings is 7. The van der Waals surface area contributed by atoms with E-state index < -0.39 is 18.1 Å². The Morgan fingerprint density at radius 2 is 1.25 bits per heavy atom. The summed E-state index contributed by atoms with van der Waals surface area (Å²) in [5.41, 5.74) is 13.2. The Morgan fingerprint density at radius 3 is 1.96 bits per heavy atom. The molecule has 2 aromatic heterocycles. The van der Waals surface area contributed by atoms with E-state index in [-0.39, 0.29) is 35.5 Å². The first-order valence-corrected chi connectivity index (χ1v) is 23.1. The van der Waals surface area contributed by atoms with Crippen LogP contribution in [0.2, 0.25) is 6.82 Å². The van der Waals surface area contributed by atoms with Crippen LogP contribution in [0.3, 0.4) is 0 Å². The summed E-state index contributed by atoms with van der Waals surface area (Å²) in [5.74, 6) is 2.09. The zero-order valence-corrected chi connectivity index (χ0v) is 39.8. The molecular weight excluding hydrogens is 832 g/mol. The molecule has 7 aromatic carbocycles. The molecule has 9 aromatic rings. The molecule has 0 fully saturated rings. The van der Waals surface area contributed by atoms with Crippen molar-refractivity contribution in [2.24, 2.45) is 0 Å². The van der Waals surface area contributed by atoms with Crippen LogP contribution in [-0.4, -0.2) is 21.7 Å². The normalized spacial score (nSPS) is 13.4. The zero-order valence-electron chi connectivity index (χ0n) is 44.8. The second kappa shape index (κ2) is 17.8. The van der Waals surface area contributed by atoms with Crippen LogP contribution in [0.1, 0.15) is 65.1 Å². The molecule has 336 valence electrons. The minimum atomic E-state index is -0.439. The molecule has 0 amide bonds. The van der Waals surface area contributed by atoms with Crippen LogP contribution in [0.15, 0.2) is 188 Å². The molecule has 0 unspecified atom stereocenters. The summed E-state index contributed by atoms with van der Waals surface area (Å²) in [5, 5.41) is 12.5. The van der Waals surface area contributed by atoms with Gasteiger partial charge >= 0.3 is 6.98 Å². The fourth-order valence-electron chi connectivity index (χ4n) is 8.83. The third-order valence-corrected chi connectivity index (χ3v) is 12.5. The van der Waals surface area contributed by atoms with E-state index in [2.05, 4.69) is 130 Å². The first-order valence-electron chi connectivity index (χ1n) is 25.6. The number of hydrogen-bond acceptors (Lipinski definition) is 6. The molecule has 1 aliphatic rings. The van der Waals surface area contributed by atoms with Crippen molar-refractivity contribution >= 4 is 41.2 Å². The molecule has 0 atom stereocenters. The maximum atomic E-state index is 9.09. The van der Waals surface area contributed by atoms with E-state index in [9.17, 15) is 0 Å². The van der Waals surface area contributed by atoms with Crippen LogP contribution in [0.4, 0.5) is 34.3 Å². The van der Waals surface area contributed by atoms with Crippen molar-refractivity contribution in [1.82, 2.24) is 14.7 Å². The molecule has 68 heavy (non-hydrogen) atoms. The Balaban J connectivity index is 1.02. The predicted molar refractivity (Wildman–Crippen MR) is 285 cm³/mol. The molecule has 1 aliphatic heterocycles. The third-order valence-electron chi connectivity index (χ3n) is 12.5. The fourth-order valence-corrected chi connectivity index (χ4v) is 8.83. The Hall–Kier alpha value is -7.84. The molecule has 0 saturated heterocycles. The Kier molecular flexibility index (Phi) is 10.00. The van der Waals surface area contributed by atoms with Gasteiger partial charge in [0.25, 0.3) is 0 Å². The summed E-state index contributed by atoms with van der Waals surface area (Å²) in [7, 11) is 0. The topological polar surface area (TPSA) is 67.2 Å². The average Bonchev–Trinajstić information content (AvgIpc) is 3.82. The van der Waals surface area contributed by atoms with Gasteiger partial charge in [-0.2, -0.15) is 5.10 Å². The number of para-hydroxylation sites is 3. The maximum absolute atomic E-state index is 9.09. The quantitative estimate of drug-likeness (QED) is 0.133.